The van der Waals surface area contributed by atoms with Crippen molar-refractivity contribution in [2.24, 2.45) is 0 Å². The predicted molar refractivity (Wildman–Crippen MR) is 72.9 cm³/mol. The zero-order chi connectivity index (χ0) is 13.0. The Labute approximate surface area is 106 Å². The molecule has 0 radical (unpaired) electrons. The van der Waals surface area contributed by atoms with Crippen LogP contribution in [-0.4, -0.2) is 16.1 Å². The van der Waals surface area contributed by atoms with Crippen LogP contribution in [0.2, 0.25) is 0 Å². The second-order valence-corrected chi connectivity index (χ2v) is 4.17. The van der Waals surface area contributed by atoms with E-state index in [-0.39, 0.29) is 5.56 Å². The van der Waals surface area contributed by atoms with Gasteiger partial charge in [0.1, 0.15) is 5.82 Å². The molecule has 0 aromatic carbocycles. The number of hydrogen-bond donors (Lipinski definition) is 1. The fourth-order valence-corrected chi connectivity index (χ4v) is 1.81. The number of nitrogens with one attached hydrogen (secondary N) is 1. The van der Waals surface area contributed by atoms with Crippen LogP contribution in [0, 0.1) is 6.92 Å². The van der Waals surface area contributed by atoms with Crippen molar-refractivity contribution in [1.82, 2.24) is 9.55 Å². The maximum atomic E-state index is 11.7. The van der Waals surface area contributed by atoms with E-state index in [0.717, 1.165) is 23.6 Å². The lowest BCUT2D eigenvalue weighted by Crippen LogP contribution is -2.21. The largest absolute Gasteiger partial charge is 0.370 e. The molecule has 1 N–H and O–H groups in total. The summed E-state index contributed by atoms with van der Waals surface area (Å²) in [6, 6.07) is 9.21. The minimum atomic E-state index is 0.0192. The first-order chi connectivity index (χ1) is 8.70. The van der Waals surface area contributed by atoms with Gasteiger partial charge in [0.2, 0.25) is 0 Å². The standard InChI is InChI=1S/C14H17N3O/c1-3-15-13-8-7-12(9-16-13)10-17-11(2)5-4-6-14(17)18/h4-9H,3,10H2,1-2H3,(H,15,16). The molecule has 4 heteroatoms. The van der Waals surface area contributed by atoms with Gasteiger partial charge in [0, 0.05) is 24.5 Å². The van der Waals surface area contributed by atoms with Gasteiger partial charge < -0.3 is 9.88 Å². The molecule has 0 spiro atoms. The predicted octanol–water partition coefficient (Wildman–Crippen LogP) is 2.03. The van der Waals surface area contributed by atoms with Crippen LogP contribution in [0.1, 0.15) is 18.2 Å². The smallest absolute Gasteiger partial charge is 0.251 e. The molecule has 0 saturated carbocycles. The molecule has 2 aromatic heterocycles. The number of rotatable bonds is 4. The highest BCUT2D eigenvalue weighted by atomic mass is 16.1. The lowest BCUT2D eigenvalue weighted by molar-refractivity contribution is 0.727. The van der Waals surface area contributed by atoms with Crippen molar-refractivity contribution >= 4 is 5.82 Å². The zero-order valence-corrected chi connectivity index (χ0v) is 10.7. The molecule has 18 heavy (non-hydrogen) atoms. The summed E-state index contributed by atoms with van der Waals surface area (Å²) in [5.41, 5.74) is 2.00. The maximum Gasteiger partial charge on any atom is 0.251 e. The van der Waals surface area contributed by atoms with Gasteiger partial charge in [0.15, 0.2) is 0 Å². The summed E-state index contributed by atoms with van der Waals surface area (Å²) >= 11 is 0. The van der Waals surface area contributed by atoms with E-state index < -0.39 is 0 Å². The van der Waals surface area contributed by atoms with Gasteiger partial charge in [-0.2, -0.15) is 0 Å². The number of aryl methyl sites for hydroxylation is 1. The Balaban J connectivity index is 2.21. The molecule has 0 aliphatic carbocycles. The fraction of sp³-hybridized carbons (Fsp3) is 0.286. The van der Waals surface area contributed by atoms with E-state index in [1.807, 2.05) is 32.0 Å². The molecule has 4 nitrogen and oxygen atoms in total. The first-order valence-corrected chi connectivity index (χ1v) is 6.06. The molecule has 0 fully saturated rings. The molecule has 0 atom stereocenters. The number of nitrogens with zero attached hydrogens (tertiary/aromatic N) is 2. The van der Waals surface area contributed by atoms with Crippen molar-refractivity contribution in [2.75, 3.05) is 11.9 Å². The topological polar surface area (TPSA) is 46.9 Å². The first kappa shape index (κ1) is 12.4. The highest BCUT2D eigenvalue weighted by molar-refractivity contribution is 5.35. The van der Waals surface area contributed by atoms with Gasteiger partial charge >= 0.3 is 0 Å². The van der Waals surface area contributed by atoms with Crippen molar-refractivity contribution in [2.45, 2.75) is 20.4 Å². The molecule has 0 amide bonds. The Morgan fingerprint density at radius 1 is 1.28 bits per heavy atom. The van der Waals surface area contributed by atoms with Crippen LogP contribution in [0.4, 0.5) is 5.82 Å². The molecule has 94 valence electrons. The van der Waals surface area contributed by atoms with Gasteiger partial charge in [-0.05, 0) is 31.5 Å². The SMILES string of the molecule is CCNc1ccc(Cn2c(C)cccc2=O)cn1. The van der Waals surface area contributed by atoms with Crippen LogP contribution in [0.25, 0.3) is 0 Å². The highest BCUT2D eigenvalue weighted by Gasteiger charge is 2.01. The summed E-state index contributed by atoms with van der Waals surface area (Å²) in [4.78, 5) is 16.0. The molecule has 0 saturated heterocycles. The normalized spacial score (nSPS) is 10.3. The molecule has 2 aromatic rings. The molecule has 0 bridgehead atoms. The molecular formula is C14H17N3O. The summed E-state index contributed by atoms with van der Waals surface area (Å²) in [5, 5.41) is 3.14. The van der Waals surface area contributed by atoms with Crippen LogP contribution >= 0.6 is 0 Å². The van der Waals surface area contributed by atoms with Crippen molar-refractivity contribution < 1.29 is 0 Å². The lowest BCUT2D eigenvalue weighted by atomic mass is 10.2. The molecule has 0 aliphatic rings. The van der Waals surface area contributed by atoms with Gasteiger partial charge in [-0.3, -0.25) is 4.79 Å². The van der Waals surface area contributed by atoms with Crippen molar-refractivity contribution in [3.63, 3.8) is 0 Å². The maximum absolute atomic E-state index is 11.7. The summed E-state index contributed by atoms with van der Waals surface area (Å²) in [5.74, 6) is 0.860. The minimum absolute atomic E-state index is 0.0192. The van der Waals surface area contributed by atoms with E-state index in [4.69, 9.17) is 0 Å². The Kier molecular flexibility index (Phi) is 3.77. The van der Waals surface area contributed by atoms with E-state index in [2.05, 4.69) is 10.3 Å². The Bertz CT molecular complexity index is 572. The third kappa shape index (κ3) is 2.77. The number of hydrogen-bond acceptors (Lipinski definition) is 3. The third-order valence-corrected chi connectivity index (χ3v) is 2.79. The van der Waals surface area contributed by atoms with Crippen molar-refractivity contribution in [3.8, 4) is 0 Å². The van der Waals surface area contributed by atoms with Crippen LogP contribution in [0.3, 0.4) is 0 Å². The second-order valence-electron chi connectivity index (χ2n) is 4.17. The van der Waals surface area contributed by atoms with E-state index in [1.165, 1.54) is 0 Å². The van der Waals surface area contributed by atoms with Crippen LogP contribution in [0.15, 0.2) is 41.3 Å². The molecule has 0 aliphatic heterocycles. The molecule has 2 rings (SSSR count). The Morgan fingerprint density at radius 3 is 2.72 bits per heavy atom. The zero-order valence-electron chi connectivity index (χ0n) is 10.7. The summed E-state index contributed by atoms with van der Waals surface area (Å²) < 4.78 is 1.74. The van der Waals surface area contributed by atoms with E-state index in [9.17, 15) is 4.79 Å². The first-order valence-electron chi connectivity index (χ1n) is 6.06. The minimum Gasteiger partial charge on any atom is -0.370 e. The summed E-state index contributed by atoms with van der Waals surface area (Å²) in [6.07, 6.45) is 1.80. The number of pyridine rings is 2. The van der Waals surface area contributed by atoms with Gasteiger partial charge in [-0.1, -0.05) is 12.1 Å². The summed E-state index contributed by atoms with van der Waals surface area (Å²) in [7, 11) is 0. The Hall–Kier alpha value is -2.10. The van der Waals surface area contributed by atoms with E-state index >= 15 is 0 Å². The van der Waals surface area contributed by atoms with E-state index in [0.29, 0.717) is 6.54 Å². The average Bonchev–Trinajstić information content (AvgIpc) is 2.36. The monoisotopic (exact) mass is 243 g/mol. The van der Waals surface area contributed by atoms with Crippen LogP contribution in [-0.2, 0) is 6.54 Å². The van der Waals surface area contributed by atoms with Gasteiger partial charge in [-0.25, -0.2) is 4.98 Å². The van der Waals surface area contributed by atoms with Gasteiger partial charge in [0.05, 0.1) is 6.54 Å². The number of aromatic nitrogens is 2. The van der Waals surface area contributed by atoms with Crippen molar-refractivity contribution in [3.05, 3.63) is 58.1 Å². The van der Waals surface area contributed by atoms with Crippen molar-refractivity contribution in [1.29, 1.82) is 0 Å². The van der Waals surface area contributed by atoms with Gasteiger partial charge in [-0.15, -0.1) is 0 Å². The highest BCUT2D eigenvalue weighted by Crippen LogP contribution is 2.06. The molecule has 0 unspecified atom stereocenters. The molecular weight excluding hydrogens is 226 g/mol. The molecule has 2 heterocycles. The number of anilines is 1. The lowest BCUT2D eigenvalue weighted by Gasteiger charge is -2.09. The second kappa shape index (κ2) is 5.49. The summed E-state index contributed by atoms with van der Waals surface area (Å²) in [6.45, 7) is 5.37. The Morgan fingerprint density at radius 2 is 2.11 bits per heavy atom. The van der Waals surface area contributed by atoms with Crippen LogP contribution in [0.5, 0.6) is 0 Å². The van der Waals surface area contributed by atoms with Crippen LogP contribution < -0.4 is 10.9 Å². The fourth-order valence-electron chi connectivity index (χ4n) is 1.81. The quantitative estimate of drug-likeness (QED) is 0.893. The average molecular weight is 243 g/mol. The van der Waals surface area contributed by atoms with Gasteiger partial charge in [0.25, 0.3) is 5.56 Å². The third-order valence-electron chi connectivity index (χ3n) is 2.79. The van der Waals surface area contributed by atoms with E-state index in [1.54, 1.807) is 22.9 Å².